The predicted molar refractivity (Wildman–Crippen MR) is 42.8 cm³/mol. The SMILES string of the molecule is O=C(O)Cc1ccccc1C(F)(F)F. The van der Waals surface area contributed by atoms with Crippen LogP contribution in [0.1, 0.15) is 11.1 Å². The summed E-state index contributed by atoms with van der Waals surface area (Å²) in [5.74, 6) is -1.28. The number of carboxylic acid groups (broad SMARTS) is 1. The number of hydrogen-bond acceptors (Lipinski definition) is 1. The van der Waals surface area contributed by atoms with Gasteiger partial charge in [-0.15, -0.1) is 0 Å². The van der Waals surface area contributed by atoms with Crippen LogP contribution in [-0.2, 0) is 17.4 Å². The summed E-state index contributed by atoms with van der Waals surface area (Å²) in [6.45, 7) is 0. The molecular formula is C9H7F3O2. The van der Waals surface area contributed by atoms with Crippen molar-refractivity contribution in [2.45, 2.75) is 12.6 Å². The van der Waals surface area contributed by atoms with Gasteiger partial charge in [0.2, 0.25) is 0 Å². The van der Waals surface area contributed by atoms with Crippen molar-refractivity contribution in [2.75, 3.05) is 0 Å². The van der Waals surface area contributed by atoms with E-state index in [1.165, 1.54) is 12.1 Å². The summed E-state index contributed by atoms with van der Waals surface area (Å²) in [5.41, 5.74) is -1.10. The molecule has 0 radical (unpaired) electrons. The molecule has 5 heteroatoms. The molecule has 0 heterocycles. The van der Waals surface area contributed by atoms with Crippen molar-refractivity contribution < 1.29 is 23.1 Å². The minimum Gasteiger partial charge on any atom is -0.481 e. The standard InChI is InChI=1S/C9H7F3O2/c10-9(11,12)7-4-2-1-3-6(7)5-8(13)14/h1-4H,5H2,(H,13,14). The monoisotopic (exact) mass is 204 g/mol. The van der Waals surface area contributed by atoms with E-state index in [1.54, 1.807) is 0 Å². The molecule has 0 aliphatic carbocycles. The van der Waals surface area contributed by atoms with E-state index in [2.05, 4.69) is 0 Å². The van der Waals surface area contributed by atoms with Gasteiger partial charge in [0.15, 0.2) is 0 Å². The third kappa shape index (κ3) is 2.48. The largest absolute Gasteiger partial charge is 0.481 e. The Morgan fingerprint density at radius 3 is 2.36 bits per heavy atom. The molecule has 1 aromatic carbocycles. The maximum Gasteiger partial charge on any atom is 0.416 e. The first-order chi connectivity index (χ1) is 6.41. The Balaban J connectivity index is 3.10. The van der Waals surface area contributed by atoms with Crippen molar-refractivity contribution in [3.63, 3.8) is 0 Å². The van der Waals surface area contributed by atoms with Crippen LogP contribution in [0.5, 0.6) is 0 Å². The van der Waals surface area contributed by atoms with Crippen LogP contribution in [0.25, 0.3) is 0 Å². The summed E-state index contributed by atoms with van der Waals surface area (Å²) >= 11 is 0. The third-order valence-corrected chi connectivity index (χ3v) is 1.66. The maximum absolute atomic E-state index is 12.3. The lowest BCUT2D eigenvalue weighted by atomic mass is 10.0. The lowest BCUT2D eigenvalue weighted by Crippen LogP contribution is -2.11. The highest BCUT2D eigenvalue weighted by Gasteiger charge is 2.33. The van der Waals surface area contributed by atoms with Gasteiger partial charge in [-0.1, -0.05) is 18.2 Å². The van der Waals surface area contributed by atoms with Gasteiger partial charge >= 0.3 is 12.1 Å². The molecule has 0 unspecified atom stereocenters. The average Bonchev–Trinajstić information content (AvgIpc) is 2.01. The maximum atomic E-state index is 12.3. The molecule has 0 saturated carbocycles. The van der Waals surface area contributed by atoms with E-state index in [4.69, 9.17) is 5.11 Å². The van der Waals surface area contributed by atoms with Crippen LogP contribution in [0.15, 0.2) is 24.3 Å². The quantitative estimate of drug-likeness (QED) is 0.802. The first-order valence-electron chi connectivity index (χ1n) is 3.78. The van der Waals surface area contributed by atoms with Crippen LogP contribution >= 0.6 is 0 Å². The van der Waals surface area contributed by atoms with Gasteiger partial charge in [-0.05, 0) is 11.6 Å². The molecule has 1 rings (SSSR count). The fraction of sp³-hybridized carbons (Fsp3) is 0.222. The fourth-order valence-electron chi connectivity index (χ4n) is 1.11. The molecule has 0 atom stereocenters. The highest BCUT2D eigenvalue weighted by molar-refractivity contribution is 5.70. The second-order valence-corrected chi connectivity index (χ2v) is 2.73. The Kier molecular flexibility index (Phi) is 2.78. The fourth-order valence-corrected chi connectivity index (χ4v) is 1.11. The van der Waals surface area contributed by atoms with E-state index in [0.29, 0.717) is 0 Å². The van der Waals surface area contributed by atoms with Gasteiger partial charge in [-0.3, -0.25) is 4.79 Å². The summed E-state index contributed by atoms with van der Waals surface area (Å²) in [4.78, 5) is 10.3. The third-order valence-electron chi connectivity index (χ3n) is 1.66. The molecule has 0 fully saturated rings. The van der Waals surface area contributed by atoms with Crippen LogP contribution in [0, 0.1) is 0 Å². The molecule has 14 heavy (non-hydrogen) atoms. The number of aliphatic carboxylic acids is 1. The zero-order valence-electron chi connectivity index (χ0n) is 7.01. The Hall–Kier alpha value is -1.52. The Morgan fingerprint density at radius 1 is 1.29 bits per heavy atom. The van der Waals surface area contributed by atoms with Crippen molar-refractivity contribution in [2.24, 2.45) is 0 Å². The van der Waals surface area contributed by atoms with Crippen molar-refractivity contribution in [3.8, 4) is 0 Å². The normalized spacial score (nSPS) is 11.4. The zero-order chi connectivity index (χ0) is 10.8. The minimum atomic E-state index is -4.49. The van der Waals surface area contributed by atoms with E-state index in [9.17, 15) is 18.0 Å². The number of rotatable bonds is 2. The number of alkyl halides is 3. The molecule has 0 amide bonds. The number of hydrogen-bond donors (Lipinski definition) is 1. The van der Waals surface area contributed by atoms with E-state index in [0.717, 1.165) is 12.1 Å². The lowest BCUT2D eigenvalue weighted by molar-refractivity contribution is -0.139. The van der Waals surface area contributed by atoms with Crippen LogP contribution < -0.4 is 0 Å². The van der Waals surface area contributed by atoms with Crippen LogP contribution in [-0.4, -0.2) is 11.1 Å². The van der Waals surface area contributed by atoms with Gasteiger partial charge in [0.1, 0.15) is 0 Å². The van der Waals surface area contributed by atoms with Crippen LogP contribution in [0.2, 0.25) is 0 Å². The first kappa shape index (κ1) is 10.6. The molecule has 0 saturated heterocycles. The van der Waals surface area contributed by atoms with Crippen molar-refractivity contribution in [3.05, 3.63) is 35.4 Å². The van der Waals surface area contributed by atoms with Crippen LogP contribution in [0.3, 0.4) is 0 Å². The number of carbonyl (C=O) groups is 1. The van der Waals surface area contributed by atoms with Crippen molar-refractivity contribution >= 4 is 5.97 Å². The molecule has 2 nitrogen and oxygen atoms in total. The van der Waals surface area contributed by atoms with Crippen LogP contribution in [0.4, 0.5) is 13.2 Å². The summed E-state index contributed by atoms with van der Waals surface area (Å²) in [7, 11) is 0. The predicted octanol–water partition coefficient (Wildman–Crippen LogP) is 2.33. The molecule has 76 valence electrons. The van der Waals surface area contributed by atoms with Crippen molar-refractivity contribution in [1.82, 2.24) is 0 Å². The second-order valence-electron chi connectivity index (χ2n) is 2.73. The molecule has 0 aliphatic heterocycles. The zero-order valence-corrected chi connectivity index (χ0v) is 7.01. The average molecular weight is 204 g/mol. The highest BCUT2D eigenvalue weighted by atomic mass is 19.4. The molecule has 1 aromatic rings. The summed E-state index contributed by atoms with van der Waals surface area (Å²) < 4.78 is 36.9. The van der Waals surface area contributed by atoms with E-state index in [-0.39, 0.29) is 5.56 Å². The molecule has 0 spiro atoms. The Bertz CT molecular complexity index is 344. The van der Waals surface area contributed by atoms with Gasteiger partial charge in [0.05, 0.1) is 12.0 Å². The Labute approximate surface area is 78.0 Å². The molecule has 0 aromatic heterocycles. The number of benzene rings is 1. The smallest absolute Gasteiger partial charge is 0.416 e. The highest BCUT2D eigenvalue weighted by Crippen LogP contribution is 2.31. The van der Waals surface area contributed by atoms with E-state index < -0.39 is 24.1 Å². The second kappa shape index (κ2) is 3.69. The summed E-state index contributed by atoms with van der Waals surface area (Å²) in [6.07, 6.45) is -5.11. The van der Waals surface area contributed by atoms with Gasteiger partial charge < -0.3 is 5.11 Å². The lowest BCUT2D eigenvalue weighted by Gasteiger charge is -2.10. The molecule has 0 aliphatic rings. The van der Waals surface area contributed by atoms with Gasteiger partial charge in [-0.25, -0.2) is 0 Å². The van der Waals surface area contributed by atoms with E-state index in [1.807, 2.05) is 0 Å². The van der Waals surface area contributed by atoms with Crippen molar-refractivity contribution in [1.29, 1.82) is 0 Å². The van der Waals surface area contributed by atoms with Gasteiger partial charge in [0, 0.05) is 0 Å². The van der Waals surface area contributed by atoms with Gasteiger partial charge in [-0.2, -0.15) is 13.2 Å². The topological polar surface area (TPSA) is 37.3 Å². The molecule has 1 N–H and O–H groups in total. The number of halogens is 3. The van der Waals surface area contributed by atoms with Gasteiger partial charge in [0.25, 0.3) is 0 Å². The minimum absolute atomic E-state index is 0.215. The summed E-state index contributed by atoms with van der Waals surface area (Å²) in [5, 5.41) is 8.39. The molecule has 0 bridgehead atoms. The molecular weight excluding hydrogens is 197 g/mol. The number of carboxylic acids is 1. The van der Waals surface area contributed by atoms with E-state index >= 15 is 0 Å². The summed E-state index contributed by atoms with van der Waals surface area (Å²) in [6, 6.07) is 4.65. The first-order valence-corrected chi connectivity index (χ1v) is 3.78. The Morgan fingerprint density at radius 2 is 1.86 bits per heavy atom.